The monoisotopic (exact) mass is 193 g/mol. The van der Waals surface area contributed by atoms with E-state index in [0.29, 0.717) is 4.77 Å². The fourth-order valence-electron chi connectivity index (χ4n) is 0.815. The van der Waals surface area contributed by atoms with Gasteiger partial charge in [0, 0.05) is 7.05 Å². The van der Waals surface area contributed by atoms with Gasteiger partial charge in [0.1, 0.15) is 5.82 Å². The van der Waals surface area contributed by atoms with E-state index in [4.69, 9.17) is 12.2 Å². The maximum atomic E-state index is 12.5. The number of rotatable bonds is 2. The zero-order valence-corrected chi connectivity index (χ0v) is 7.58. The summed E-state index contributed by atoms with van der Waals surface area (Å²) in [5.41, 5.74) is 0. The molecule has 0 bridgehead atoms. The summed E-state index contributed by atoms with van der Waals surface area (Å²) in [6, 6.07) is 0. The van der Waals surface area contributed by atoms with E-state index in [2.05, 4.69) is 10.2 Å². The van der Waals surface area contributed by atoms with Crippen molar-refractivity contribution in [3.05, 3.63) is 10.6 Å². The van der Waals surface area contributed by atoms with Crippen LogP contribution in [0.4, 0.5) is 8.78 Å². The van der Waals surface area contributed by atoms with Crippen LogP contribution in [0, 0.1) is 4.77 Å². The second-order valence-corrected chi connectivity index (χ2v) is 3.14. The summed E-state index contributed by atoms with van der Waals surface area (Å²) >= 11 is 4.76. The molecule has 68 valence electrons. The molecule has 0 fully saturated rings. The third-order valence-corrected chi connectivity index (χ3v) is 1.81. The predicted octanol–water partition coefficient (Wildman–Crippen LogP) is 1.68. The van der Waals surface area contributed by atoms with Crippen molar-refractivity contribution in [2.45, 2.75) is 19.3 Å². The van der Waals surface area contributed by atoms with Crippen molar-refractivity contribution in [3.63, 3.8) is 0 Å². The standard InChI is InChI=1S/C6H9F2N3S/c1-6(7,8)3-4-9-10-5(12)11(4)2/h3H2,1-2H3,(H,10,12). The first kappa shape index (κ1) is 9.31. The van der Waals surface area contributed by atoms with E-state index in [1.165, 1.54) is 4.57 Å². The van der Waals surface area contributed by atoms with Gasteiger partial charge in [0.25, 0.3) is 5.92 Å². The van der Waals surface area contributed by atoms with Gasteiger partial charge in [0.2, 0.25) is 0 Å². The molecule has 1 aromatic heterocycles. The molecule has 0 aliphatic rings. The average Bonchev–Trinajstić information content (AvgIpc) is 2.16. The summed E-state index contributed by atoms with van der Waals surface area (Å²) in [5.74, 6) is -2.47. The van der Waals surface area contributed by atoms with Crippen LogP contribution >= 0.6 is 12.2 Å². The molecule has 0 saturated heterocycles. The number of aromatic nitrogens is 3. The van der Waals surface area contributed by atoms with Crippen LogP contribution in [0.25, 0.3) is 0 Å². The number of hydrogen-bond acceptors (Lipinski definition) is 2. The van der Waals surface area contributed by atoms with Crippen molar-refractivity contribution in [2.24, 2.45) is 7.05 Å². The Balaban J connectivity index is 2.91. The van der Waals surface area contributed by atoms with E-state index in [9.17, 15) is 8.78 Å². The number of H-pyrrole nitrogens is 1. The fraction of sp³-hybridized carbons (Fsp3) is 0.667. The van der Waals surface area contributed by atoms with Crippen molar-refractivity contribution in [1.82, 2.24) is 14.8 Å². The molecule has 0 aromatic carbocycles. The van der Waals surface area contributed by atoms with Crippen molar-refractivity contribution in [1.29, 1.82) is 0 Å². The molecule has 0 spiro atoms. The van der Waals surface area contributed by atoms with E-state index in [1.807, 2.05) is 0 Å². The minimum absolute atomic E-state index is 0.271. The van der Waals surface area contributed by atoms with Gasteiger partial charge in [-0.3, -0.25) is 5.10 Å². The molecule has 6 heteroatoms. The Morgan fingerprint density at radius 1 is 1.67 bits per heavy atom. The van der Waals surface area contributed by atoms with E-state index in [1.54, 1.807) is 7.05 Å². The van der Waals surface area contributed by atoms with Crippen molar-refractivity contribution < 1.29 is 8.78 Å². The average molecular weight is 193 g/mol. The summed E-state index contributed by atoms with van der Waals surface area (Å²) < 4.78 is 26.8. The Hall–Kier alpha value is -0.780. The van der Waals surface area contributed by atoms with Crippen LogP contribution in [0.2, 0.25) is 0 Å². The zero-order valence-electron chi connectivity index (χ0n) is 6.77. The van der Waals surface area contributed by atoms with Gasteiger partial charge >= 0.3 is 0 Å². The number of nitrogens with zero attached hydrogens (tertiary/aromatic N) is 2. The fourth-order valence-corrected chi connectivity index (χ4v) is 0.966. The van der Waals surface area contributed by atoms with Crippen LogP contribution in [-0.4, -0.2) is 20.7 Å². The third kappa shape index (κ3) is 2.10. The van der Waals surface area contributed by atoms with Crippen molar-refractivity contribution in [3.8, 4) is 0 Å². The highest BCUT2D eigenvalue weighted by molar-refractivity contribution is 7.71. The largest absolute Gasteiger partial charge is 0.307 e. The van der Waals surface area contributed by atoms with Gasteiger partial charge in [0.05, 0.1) is 6.42 Å². The molecular formula is C6H9F2N3S. The Morgan fingerprint density at radius 3 is 2.58 bits per heavy atom. The van der Waals surface area contributed by atoms with Gasteiger partial charge in [0.15, 0.2) is 4.77 Å². The van der Waals surface area contributed by atoms with Crippen LogP contribution in [-0.2, 0) is 13.5 Å². The lowest BCUT2D eigenvalue weighted by Gasteiger charge is -2.07. The Bertz CT molecular complexity index is 322. The predicted molar refractivity (Wildman–Crippen MR) is 42.7 cm³/mol. The summed E-state index contributed by atoms with van der Waals surface area (Å²) in [6.45, 7) is 0.852. The molecule has 0 radical (unpaired) electrons. The highest BCUT2D eigenvalue weighted by atomic mass is 32.1. The lowest BCUT2D eigenvalue weighted by molar-refractivity contribution is 0.0198. The molecule has 0 amide bonds. The molecule has 0 atom stereocenters. The molecule has 0 unspecified atom stereocenters. The number of halogens is 2. The highest BCUT2D eigenvalue weighted by Gasteiger charge is 2.24. The molecular weight excluding hydrogens is 184 g/mol. The molecule has 1 heterocycles. The highest BCUT2D eigenvalue weighted by Crippen LogP contribution is 2.16. The summed E-state index contributed by atoms with van der Waals surface area (Å²) in [7, 11) is 1.60. The maximum absolute atomic E-state index is 12.5. The molecule has 3 nitrogen and oxygen atoms in total. The van der Waals surface area contributed by atoms with Crippen LogP contribution in [0.5, 0.6) is 0 Å². The second-order valence-electron chi connectivity index (χ2n) is 2.75. The van der Waals surface area contributed by atoms with E-state index in [0.717, 1.165) is 6.92 Å². The minimum Gasteiger partial charge on any atom is -0.307 e. The summed E-state index contributed by atoms with van der Waals surface area (Å²) in [6.07, 6.45) is -0.392. The quantitative estimate of drug-likeness (QED) is 0.725. The summed E-state index contributed by atoms with van der Waals surface area (Å²) in [4.78, 5) is 0. The second kappa shape index (κ2) is 2.93. The normalized spacial score (nSPS) is 12.0. The zero-order chi connectivity index (χ0) is 9.35. The number of aromatic amines is 1. The molecule has 12 heavy (non-hydrogen) atoms. The van der Waals surface area contributed by atoms with Gasteiger partial charge < -0.3 is 4.57 Å². The summed E-state index contributed by atoms with van der Waals surface area (Å²) in [5, 5.41) is 6.11. The SMILES string of the molecule is Cn1c(CC(C)(F)F)n[nH]c1=S. The van der Waals surface area contributed by atoms with Crippen LogP contribution in [0.1, 0.15) is 12.7 Å². The van der Waals surface area contributed by atoms with Gasteiger partial charge in [-0.1, -0.05) is 0 Å². The molecule has 1 N–H and O–H groups in total. The third-order valence-electron chi connectivity index (χ3n) is 1.44. The van der Waals surface area contributed by atoms with Crippen LogP contribution in [0.3, 0.4) is 0 Å². The molecule has 0 aliphatic heterocycles. The van der Waals surface area contributed by atoms with E-state index in [-0.39, 0.29) is 5.82 Å². The van der Waals surface area contributed by atoms with Gasteiger partial charge in [-0.05, 0) is 19.1 Å². The smallest absolute Gasteiger partial charge is 0.252 e. The minimum atomic E-state index is -2.74. The lowest BCUT2D eigenvalue weighted by atomic mass is 10.2. The number of hydrogen-bond donors (Lipinski definition) is 1. The Morgan fingerprint density at radius 2 is 2.25 bits per heavy atom. The first-order valence-electron chi connectivity index (χ1n) is 3.38. The first-order valence-corrected chi connectivity index (χ1v) is 3.79. The molecule has 0 saturated carbocycles. The molecule has 1 aromatic rings. The van der Waals surface area contributed by atoms with E-state index < -0.39 is 12.3 Å². The number of nitrogens with one attached hydrogen (secondary N) is 1. The Labute approximate surface area is 73.4 Å². The van der Waals surface area contributed by atoms with Crippen molar-refractivity contribution in [2.75, 3.05) is 0 Å². The maximum Gasteiger partial charge on any atom is 0.252 e. The van der Waals surface area contributed by atoms with Crippen LogP contribution < -0.4 is 0 Å². The topological polar surface area (TPSA) is 33.6 Å². The molecule has 1 rings (SSSR count). The molecule has 0 aliphatic carbocycles. The van der Waals surface area contributed by atoms with Crippen LogP contribution in [0.15, 0.2) is 0 Å². The number of alkyl halides is 2. The Kier molecular flexibility index (Phi) is 2.27. The lowest BCUT2D eigenvalue weighted by Crippen LogP contribution is -2.16. The van der Waals surface area contributed by atoms with E-state index >= 15 is 0 Å². The van der Waals surface area contributed by atoms with Gasteiger partial charge in [-0.2, -0.15) is 5.10 Å². The van der Waals surface area contributed by atoms with Crippen molar-refractivity contribution >= 4 is 12.2 Å². The van der Waals surface area contributed by atoms with Gasteiger partial charge in [-0.25, -0.2) is 8.78 Å². The first-order chi connectivity index (χ1) is 5.40. The van der Waals surface area contributed by atoms with Gasteiger partial charge in [-0.15, -0.1) is 0 Å².